The van der Waals surface area contributed by atoms with E-state index in [1.165, 1.54) is 24.8 Å². The molecule has 0 unspecified atom stereocenters. The second-order valence-corrected chi connectivity index (χ2v) is 9.58. The number of rotatable bonds is 10. The molecular formula is C28H34N6O2. The van der Waals surface area contributed by atoms with E-state index in [9.17, 15) is 4.79 Å². The van der Waals surface area contributed by atoms with Gasteiger partial charge in [0, 0.05) is 29.6 Å². The molecule has 8 nitrogen and oxygen atoms in total. The van der Waals surface area contributed by atoms with Crippen LogP contribution in [-0.4, -0.2) is 43.2 Å². The van der Waals surface area contributed by atoms with Gasteiger partial charge in [0.25, 0.3) is 5.56 Å². The van der Waals surface area contributed by atoms with Crippen molar-refractivity contribution >= 4 is 10.9 Å². The Morgan fingerprint density at radius 3 is 2.69 bits per heavy atom. The maximum atomic E-state index is 13.0. The molecule has 4 aromatic rings. The average Bonchev–Trinajstić information content (AvgIpc) is 3.37. The fraction of sp³-hybridized carbons (Fsp3) is 0.429. The third-order valence-corrected chi connectivity index (χ3v) is 7.00. The van der Waals surface area contributed by atoms with Crippen LogP contribution in [0.25, 0.3) is 10.9 Å². The van der Waals surface area contributed by atoms with Crippen LogP contribution in [0.5, 0.6) is 5.75 Å². The molecule has 1 aliphatic carbocycles. The van der Waals surface area contributed by atoms with Gasteiger partial charge in [0.05, 0.1) is 19.2 Å². The Hall–Kier alpha value is -3.52. The first-order valence-corrected chi connectivity index (χ1v) is 13.0. The molecule has 1 aliphatic rings. The number of H-pyrrole nitrogens is 1. The molecule has 0 spiro atoms. The highest BCUT2D eigenvalue weighted by atomic mass is 16.5. The number of hydrogen-bond acceptors (Lipinski definition) is 6. The second-order valence-electron chi connectivity index (χ2n) is 9.58. The Morgan fingerprint density at radius 1 is 1.06 bits per heavy atom. The van der Waals surface area contributed by atoms with Crippen molar-refractivity contribution in [1.29, 1.82) is 0 Å². The SMILES string of the molecule is CCOc1ccc2[nH]c(=O)c(CN(CCc3ccccc3)Cc3nnnn3C3CCCCC3)cc2c1. The number of nitrogens with zero attached hydrogens (tertiary/aromatic N) is 5. The molecule has 188 valence electrons. The molecule has 0 atom stereocenters. The normalized spacial score (nSPS) is 14.5. The molecule has 2 aromatic carbocycles. The highest BCUT2D eigenvalue weighted by molar-refractivity contribution is 5.80. The summed E-state index contributed by atoms with van der Waals surface area (Å²) in [6.07, 6.45) is 6.84. The summed E-state index contributed by atoms with van der Waals surface area (Å²) in [5, 5.41) is 13.7. The van der Waals surface area contributed by atoms with Gasteiger partial charge in [-0.05, 0) is 66.4 Å². The summed E-state index contributed by atoms with van der Waals surface area (Å²) in [6, 6.07) is 18.6. The number of benzene rings is 2. The van der Waals surface area contributed by atoms with Gasteiger partial charge in [-0.1, -0.05) is 49.6 Å². The van der Waals surface area contributed by atoms with E-state index in [1.54, 1.807) is 0 Å². The van der Waals surface area contributed by atoms with Gasteiger partial charge in [-0.25, -0.2) is 4.68 Å². The molecule has 0 radical (unpaired) electrons. The lowest BCUT2D eigenvalue weighted by atomic mass is 9.95. The summed E-state index contributed by atoms with van der Waals surface area (Å²) in [6.45, 7) is 4.46. The molecule has 0 saturated heterocycles. The molecular weight excluding hydrogens is 452 g/mol. The third kappa shape index (κ3) is 5.82. The predicted molar refractivity (Wildman–Crippen MR) is 140 cm³/mol. The van der Waals surface area contributed by atoms with Gasteiger partial charge in [0.15, 0.2) is 5.82 Å². The van der Waals surface area contributed by atoms with E-state index in [1.807, 2.05) is 41.9 Å². The molecule has 1 saturated carbocycles. The van der Waals surface area contributed by atoms with Crippen LogP contribution in [0.15, 0.2) is 59.4 Å². The highest BCUT2D eigenvalue weighted by Gasteiger charge is 2.22. The lowest BCUT2D eigenvalue weighted by Crippen LogP contribution is -2.30. The van der Waals surface area contributed by atoms with Gasteiger partial charge < -0.3 is 9.72 Å². The van der Waals surface area contributed by atoms with Crippen molar-refractivity contribution in [3.8, 4) is 5.75 Å². The highest BCUT2D eigenvalue weighted by Crippen LogP contribution is 2.28. The van der Waals surface area contributed by atoms with Gasteiger partial charge >= 0.3 is 0 Å². The Bertz CT molecular complexity index is 1330. The number of pyridine rings is 1. The smallest absolute Gasteiger partial charge is 0.252 e. The standard InChI is InChI=1S/C28H34N6O2/c1-2-36-25-13-14-26-22(18-25)17-23(28(35)29-26)19-33(16-15-21-9-5-3-6-10-21)20-27-30-31-32-34(27)24-11-7-4-8-12-24/h3,5-6,9-10,13-14,17-18,24H,2,4,7-8,11-12,15-16,19-20H2,1H3,(H,29,35). The van der Waals surface area contributed by atoms with Crippen LogP contribution in [-0.2, 0) is 19.5 Å². The van der Waals surface area contributed by atoms with Crippen LogP contribution in [0.2, 0.25) is 0 Å². The Labute approximate surface area is 211 Å². The fourth-order valence-corrected chi connectivity index (χ4v) is 5.12. The first-order valence-electron chi connectivity index (χ1n) is 13.0. The maximum absolute atomic E-state index is 13.0. The Morgan fingerprint density at radius 2 is 1.89 bits per heavy atom. The first-order chi connectivity index (χ1) is 17.7. The van der Waals surface area contributed by atoms with Crippen LogP contribution in [0.1, 0.15) is 62.0 Å². The summed E-state index contributed by atoms with van der Waals surface area (Å²) in [4.78, 5) is 18.3. The van der Waals surface area contributed by atoms with Crippen LogP contribution in [0.3, 0.4) is 0 Å². The number of nitrogens with one attached hydrogen (secondary N) is 1. The molecule has 1 fully saturated rings. The fourth-order valence-electron chi connectivity index (χ4n) is 5.12. The Kier molecular flexibility index (Phi) is 7.71. The minimum Gasteiger partial charge on any atom is -0.494 e. The van der Waals surface area contributed by atoms with Crippen molar-refractivity contribution in [2.24, 2.45) is 0 Å². The number of fused-ring (bicyclic) bond motifs is 1. The van der Waals surface area contributed by atoms with Crippen molar-refractivity contribution < 1.29 is 4.74 Å². The van der Waals surface area contributed by atoms with Crippen molar-refractivity contribution in [3.05, 3.63) is 81.9 Å². The quantitative estimate of drug-likeness (QED) is 0.351. The second kappa shape index (κ2) is 11.5. The van der Waals surface area contributed by atoms with E-state index < -0.39 is 0 Å². The molecule has 0 bridgehead atoms. The summed E-state index contributed by atoms with van der Waals surface area (Å²) in [7, 11) is 0. The van der Waals surface area contributed by atoms with E-state index in [-0.39, 0.29) is 5.56 Å². The van der Waals surface area contributed by atoms with Gasteiger partial charge in [-0.15, -0.1) is 5.10 Å². The molecule has 2 heterocycles. The number of aromatic amines is 1. The van der Waals surface area contributed by atoms with Crippen molar-refractivity contribution in [1.82, 2.24) is 30.1 Å². The zero-order chi connectivity index (χ0) is 24.7. The zero-order valence-corrected chi connectivity index (χ0v) is 20.9. The van der Waals surface area contributed by atoms with E-state index in [2.05, 4.69) is 49.7 Å². The molecule has 8 heteroatoms. The number of ether oxygens (including phenoxy) is 1. The summed E-state index contributed by atoms with van der Waals surface area (Å²) in [5.41, 5.74) is 2.73. The van der Waals surface area contributed by atoms with Gasteiger partial charge in [0.2, 0.25) is 0 Å². The van der Waals surface area contributed by atoms with E-state index in [0.29, 0.717) is 25.7 Å². The molecule has 1 N–H and O–H groups in total. The van der Waals surface area contributed by atoms with Crippen molar-refractivity contribution in [2.75, 3.05) is 13.2 Å². The van der Waals surface area contributed by atoms with Crippen LogP contribution < -0.4 is 10.3 Å². The maximum Gasteiger partial charge on any atom is 0.252 e. The third-order valence-electron chi connectivity index (χ3n) is 7.00. The number of aromatic nitrogens is 5. The van der Waals surface area contributed by atoms with Crippen molar-refractivity contribution in [3.63, 3.8) is 0 Å². The molecule has 0 amide bonds. The molecule has 5 rings (SSSR count). The topological polar surface area (TPSA) is 88.9 Å². The number of hydrogen-bond donors (Lipinski definition) is 1. The Balaban J connectivity index is 1.41. The summed E-state index contributed by atoms with van der Waals surface area (Å²) < 4.78 is 7.69. The van der Waals surface area contributed by atoms with E-state index in [4.69, 9.17) is 4.74 Å². The van der Waals surface area contributed by atoms with Crippen LogP contribution >= 0.6 is 0 Å². The predicted octanol–water partition coefficient (Wildman–Crippen LogP) is 4.66. The minimum absolute atomic E-state index is 0.0664. The lowest BCUT2D eigenvalue weighted by molar-refractivity contribution is 0.235. The van der Waals surface area contributed by atoms with Gasteiger partial charge in [0.1, 0.15) is 5.75 Å². The lowest BCUT2D eigenvalue weighted by Gasteiger charge is -2.25. The largest absolute Gasteiger partial charge is 0.494 e. The van der Waals surface area contributed by atoms with E-state index >= 15 is 0 Å². The summed E-state index contributed by atoms with van der Waals surface area (Å²) in [5.74, 6) is 1.67. The average molecular weight is 487 g/mol. The monoisotopic (exact) mass is 486 g/mol. The first kappa shape index (κ1) is 24.2. The summed E-state index contributed by atoms with van der Waals surface area (Å²) >= 11 is 0. The zero-order valence-electron chi connectivity index (χ0n) is 20.9. The minimum atomic E-state index is -0.0664. The molecule has 0 aliphatic heterocycles. The van der Waals surface area contributed by atoms with Gasteiger partial charge in [-0.3, -0.25) is 9.69 Å². The molecule has 2 aromatic heterocycles. The van der Waals surface area contributed by atoms with Crippen molar-refractivity contribution in [2.45, 2.75) is 64.6 Å². The van der Waals surface area contributed by atoms with Crippen LogP contribution in [0.4, 0.5) is 0 Å². The number of tetrazole rings is 1. The van der Waals surface area contributed by atoms with Crippen LogP contribution in [0, 0.1) is 0 Å². The van der Waals surface area contributed by atoms with E-state index in [0.717, 1.165) is 53.8 Å². The molecule has 36 heavy (non-hydrogen) atoms. The van der Waals surface area contributed by atoms with Gasteiger partial charge in [-0.2, -0.15) is 0 Å².